The van der Waals surface area contributed by atoms with Gasteiger partial charge in [-0.05, 0) is 32.6 Å². The molecule has 8 heteroatoms. The number of ether oxygens (including phenoxy) is 3. The van der Waals surface area contributed by atoms with E-state index in [-0.39, 0.29) is 29.7 Å². The maximum absolute atomic E-state index is 9.19. The molecule has 0 aliphatic carbocycles. The highest BCUT2D eigenvalue weighted by Crippen LogP contribution is 2.22. The molecule has 0 aromatic heterocycles. The summed E-state index contributed by atoms with van der Waals surface area (Å²) in [6.07, 6.45) is -0.120. The van der Waals surface area contributed by atoms with Crippen molar-refractivity contribution in [1.29, 1.82) is 0 Å². The smallest absolute Gasteiger partial charge is 0.326 e. The van der Waals surface area contributed by atoms with Crippen LogP contribution in [0.1, 0.15) is 36.6 Å². The van der Waals surface area contributed by atoms with Crippen molar-refractivity contribution in [1.82, 2.24) is 0 Å². The van der Waals surface area contributed by atoms with Gasteiger partial charge in [-0.2, -0.15) is 0 Å². The standard InChI is InChI=1S/C14H32O6Si2.4CH4/c1-13(15)10-17-6-8-21(3,4)20-22(5,16-2)9-7-18-11-14-12-19-14;;;;/h13-15H,6-12H2,1-5H3;4*1H4. The lowest BCUT2D eigenvalue weighted by Gasteiger charge is -2.34. The molecule has 0 radical (unpaired) electrons. The van der Waals surface area contributed by atoms with Crippen LogP contribution in [0.4, 0.5) is 0 Å². The van der Waals surface area contributed by atoms with Gasteiger partial charge in [0.25, 0.3) is 0 Å². The van der Waals surface area contributed by atoms with Gasteiger partial charge in [0.2, 0.25) is 0 Å². The lowest BCUT2D eigenvalue weighted by atomic mass is 10.4. The molecule has 1 heterocycles. The number of hydrogen-bond donors (Lipinski definition) is 1. The normalized spacial score (nSPS) is 18.9. The van der Waals surface area contributed by atoms with Gasteiger partial charge in [0.05, 0.1) is 25.9 Å². The first kappa shape index (κ1) is 33.8. The maximum Gasteiger partial charge on any atom is 0.326 e. The Morgan fingerprint density at radius 1 is 1.04 bits per heavy atom. The average molecular weight is 417 g/mol. The second kappa shape index (κ2) is 16.2. The molecular formula is C18H48O6Si2. The highest BCUT2D eigenvalue weighted by atomic mass is 28.4. The van der Waals surface area contributed by atoms with Crippen LogP contribution in [0.15, 0.2) is 0 Å². The monoisotopic (exact) mass is 416 g/mol. The van der Waals surface area contributed by atoms with Gasteiger partial charge in [0, 0.05) is 26.4 Å². The van der Waals surface area contributed by atoms with Crippen molar-refractivity contribution < 1.29 is 27.9 Å². The van der Waals surface area contributed by atoms with Crippen LogP contribution < -0.4 is 0 Å². The molecule has 1 N–H and O–H groups in total. The first-order valence-electron chi connectivity index (χ1n) is 7.97. The third-order valence-corrected chi connectivity index (χ3v) is 10.9. The van der Waals surface area contributed by atoms with Crippen LogP contribution in [0.5, 0.6) is 0 Å². The minimum Gasteiger partial charge on any atom is -0.436 e. The minimum absolute atomic E-state index is 0. The average Bonchev–Trinajstić information content (AvgIpc) is 3.23. The van der Waals surface area contributed by atoms with E-state index >= 15 is 0 Å². The molecule has 0 bridgehead atoms. The molecule has 0 aromatic rings. The summed E-state index contributed by atoms with van der Waals surface area (Å²) in [5, 5.41) is 9.19. The van der Waals surface area contributed by atoms with Crippen molar-refractivity contribution >= 4 is 16.9 Å². The van der Waals surface area contributed by atoms with Gasteiger partial charge in [0.1, 0.15) is 6.10 Å². The van der Waals surface area contributed by atoms with Gasteiger partial charge in [-0.3, -0.25) is 0 Å². The summed E-state index contributed by atoms with van der Waals surface area (Å²) in [5.74, 6) is 0. The Balaban J connectivity index is -0.000000605. The molecule has 3 atom stereocenters. The molecule has 1 aliphatic heterocycles. The number of hydrogen-bond acceptors (Lipinski definition) is 6. The summed E-state index contributed by atoms with van der Waals surface area (Å²) in [4.78, 5) is 0. The predicted molar refractivity (Wildman–Crippen MR) is 117 cm³/mol. The Morgan fingerprint density at radius 2 is 1.58 bits per heavy atom. The maximum atomic E-state index is 9.19. The molecule has 1 saturated heterocycles. The first-order valence-corrected chi connectivity index (χ1v) is 13.6. The Bertz CT molecular complexity index is 314. The van der Waals surface area contributed by atoms with Crippen molar-refractivity contribution in [2.45, 2.75) is 80.6 Å². The number of aliphatic hydroxyl groups is 1. The third-order valence-electron chi connectivity index (χ3n) is 3.54. The van der Waals surface area contributed by atoms with E-state index in [1.807, 2.05) is 0 Å². The Hall–Kier alpha value is 0.194. The molecule has 1 aliphatic rings. The van der Waals surface area contributed by atoms with Crippen LogP contribution in [0, 0.1) is 0 Å². The third kappa shape index (κ3) is 16.4. The van der Waals surface area contributed by atoms with Gasteiger partial charge in [0.15, 0.2) is 8.32 Å². The minimum atomic E-state index is -2.20. The van der Waals surface area contributed by atoms with Gasteiger partial charge in [-0.1, -0.05) is 29.7 Å². The summed E-state index contributed by atoms with van der Waals surface area (Å²) in [7, 11) is -2.33. The Kier molecular flexibility index (Phi) is 21.0. The molecule has 1 rings (SSSR count). The van der Waals surface area contributed by atoms with Crippen molar-refractivity contribution in [3.05, 3.63) is 0 Å². The van der Waals surface area contributed by atoms with E-state index in [1.165, 1.54) is 0 Å². The van der Waals surface area contributed by atoms with E-state index in [0.717, 1.165) is 18.7 Å². The fraction of sp³-hybridized carbons (Fsp3) is 1.00. The molecule has 26 heavy (non-hydrogen) atoms. The lowest BCUT2D eigenvalue weighted by Crippen LogP contribution is -2.49. The highest BCUT2D eigenvalue weighted by molar-refractivity contribution is 6.82. The molecule has 0 amide bonds. The zero-order chi connectivity index (χ0) is 16.6. The van der Waals surface area contributed by atoms with E-state index in [2.05, 4.69) is 19.6 Å². The van der Waals surface area contributed by atoms with Crippen LogP contribution in [-0.4, -0.2) is 74.3 Å². The lowest BCUT2D eigenvalue weighted by molar-refractivity contribution is 0.0515. The zero-order valence-corrected chi connectivity index (χ0v) is 16.6. The molecule has 164 valence electrons. The Morgan fingerprint density at radius 3 is 2.04 bits per heavy atom. The topological polar surface area (TPSA) is 69.7 Å². The van der Waals surface area contributed by atoms with E-state index in [9.17, 15) is 5.11 Å². The first-order chi connectivity index (χ1) is 10.3. The zero-order valence-electron chi connectivity index (χ0n) is 14.6. The van der Waals surface area contributed by atoms with Gasteiger partial charge in [-0.25, -0.2) is 0 Å². The van der Waals surface area contributed by atoms with Crippen LogP contribution in [0.3, 0.4) is 0 Å². The molecule has 3 unspecified atom stereocenters. The molecule has 6 nitrogen and oxygen atoms in total. The quantitative estimate of drug-likeness (QED) is 0.274. The SMILES string of the molecule is C.C.C.C.CO[Si](C)(CCOCC1CO1)O[Si](C)(C)CCOCC(C)O. The van der Waals surface area contributed by atoms with Crippen molar-refractivity contribution in [2.75, 3.05) is 40.1 Å². The summed E-state index contributed by atoms with van der Waals surface area (Å²) in [6, 6.07) is 1.71. The number of aliphatic hydroxyl groups excluding tert-OH is 1. The van der Waals surface area contributed by atoms with E-state index in [1.54, 1.807) is 14.0 Å². The highest BCUT2D eigenvalue weighted by Gasteiger charge is 2.38. The van der Waals surface area contributed by atoms with E-state index < -0.39 is 23.0 Å². The molecule has 0 aromatic carbocycles. The van der Waals surface area contributed by atoms with Crippen molar-refractivity contribution in [3.8, 4) is 0 Å². The van der Waals surface area contributed by atoms with Crippen molar-refractivity contribution in [2.24, 2.45) is 0 Å². The summed E-state index contributed by atoms with van der Waals surface area (Å²) in [5.41, 5.74) is 0. The molecule has 1 fully saturated rings. The molecular weight excluding hydrogens is 368 g/mol. The van der Waals surface area contributed by atoms with Crippen LogP contribution in [0.2, 0.25) is 31.7 Å². The van der Waals surface area contributed by atoms with Gasteiger partial charge < -0.3 is 27.9 Å². The summed E-state index contributed by atoms with van der Waals surface area (Å²) >= 11 is 0. The van der Waals surface area contributed by atoms with Crippen LogP contribution in [-0.2, 0) is 22.8 Å². The van der Waals surface area contributed by atoms with Gasteiger partial charge in [-0.15, -0.1) is 0 Å². The number of epoxide rings is 1. The second-order valence-electron chi connectivity index (χ2n) is 6.65. The summed E-state index contributed by atoms with van der Waals surface area (Å²) in [6.45, 7) is 11.3. The molecule has 0 spiro atoms. The second-order valence-corrected chi connectivity index (χ2v) is 14.7. The fourth-order valence-electron chi connectivity index (χ4n) is 2.04. The Labute approximate surface area is 165 Å². The predicted octanol–water partition coefficient (Wildman–Crippen LogP) is 4.28. The van der Waals surface area contributed by atoms with Gasteiger partial charge >= 0.3 is 8.56 Å². The van der Waals surface area contributed by atoms with E-state index in [0.29, 0.717) is 32.5 Å². The van der Waals surface area contributed by atoms with Crippen LogP contribution >= 0.6 is 0 Å². The number of rotatable bonds is 13. The summed E-state index contributed by atoms with van der Waals surface area (Å²) < 4.78 is 28.3. The van der Waals surface area contributed by atoms with E-state index in [4.69, 9.17) is 22.8 Å². The van der Waals surface area contributed by atoms with Crippen molar-refractivity contribution in [3.63, 3.8) is 0 Å². The largest absolute Gasteiger partial charge is 0.436 e. The van der Waals surface area contributed by atoms with Crippen LogP contribution in [0.25, 0.3) is 0 Å². The molecule has 0 saturated carbocycles. The fourth-order valence-corrected chi connectivity index (χ4v) is 9.22.